The SMILES string of the molecule is Cl.O=C(c1cccc(-n2cccn2)c1)N1C[C@@H]2CNC[C@@H]2[C@H]1c1ccccc1. The lowest BCUT2D eigenvalue weighted by Crippen LogP contribution is -2.34. The van der Waals surface area contributed by atoms with Gasteiger partial charge < -0.3 is 10.2 Å². The van der Waals surface area contributed by atoms with Crippen LogP contribution in [-0.2, 0) is 0 Å². The number of carbonyl (C=O) groups is 1. The molecule has 0 bridgehead atoms. The molecule has 2 aliphatic rings. The Balaban J connectivity index is 0.00000192. The maximum atomic E-state index is 13.5. The van der Waals surface area contributed by atoms with Crippen LogP contribution in [-0.4, -0.2) is 40.2 Å². The molecular formula is C22H23ClN4O. The van der Waals surface area contributed by atoms with Crippen molar-refractivity contribution in [2.24, 2.45) is 11.8 Å². The van der Waals surface area contributed by atoms with Crippen LogP contribution in [0.4, 0.5) is 0 Å². The fraction of sp³-hybridized carbons (Fsp3) is 0.273. The first-order chi connectivity index (χ1) is 13.3. The summed E-state index contributed by atoms with van der Waals surface area (Å²) in [4.78, 5) is 15.5. The molecule has 0 unspecified atom stereocenters. The lowest BCUT2D eigenvalue weighted by Gasteiger charge is -2.28. The van der Waals surface area contributed by atoms with Gasteiger partial charge >= 0.3 is 0 Å². The smallest absolute Gasteiger partial charge is 0.254 e. The van der Waals surface area contributed by atoms with E-state index in [1.165, 1.54) is 5.56 Å². The van der Waals surface area contributed by atoms with E-state index in [2.05, 4.69) is 39.6 Å². The number of aromatic nitrogens is 2. The molecule has 2 saturated heterocycles. The molecule has 144 valence electrons. The lowest BCUT2D eigenvalue weighted by molar-refractivity contribution is 0.0714. The first-order valence-electron chi connectivity index (χ1n) is 9.48. The number of nitrogens with one attached hydrogen (secondary N) is 1. The second-order valence-electron chi connectivity index (χ2n) is 7.40. The largest absolute Gasteiger partial charge is 0.331 e. The molecule has 5 nitrogen and oxygen atoms in total. The van der Waals surface area contributed by atoms with Gasteiger partial charge in [0.05, 0.1) is 11.7 Å². The van der Waals surface area contributed by atoms with Crippen LogP contribution < -0.4 is 5.32 Å². The Morgan fingerprint density at radius 2 is 1.89 bits per heavy atom. The molecule has 6 heteroatoms. The lowest BCUT2D eigenvalue weighted by atomic mass is 9.89. The fourth-order valence-electron chi connectivity index (χ4n) is 4.58. The number of rotatable bonds is 3. The molecule has 2 aromatic carbocycles. The summed E-state index contributed by atoms with van der Waals surface area (Å²) in [7, 11) is 0. The van der Waals surface area contributed by atoms with Gasteiger partial charge in [-0.25, -0.2) is 4.68 Å². The molecule has 0 saturated carbocycles. The normalized spacial score (nSPS) is 23.3. The maximum absolute atomic E-state index is 13.5. The number of amides is 1. The number of halogens is 1. The van der Waals surface area contributed by atoms with Crippen molar-refractivity contribution in [2.45, 2.75) is 6.04 Å². The molecule has 0 spiro atoms. The zero-order valence-electron chi connectivity index (χ0n) is 15.4. The third kappa shape index (κ3) is 3.21. The predicted octanol–water partition coefficient (Wildman–Crippen LogP) is 3.33. The van der Waals surface area contributed by atoms with Gasteiger partial charge in [0, 0.05) is 43.5 Å². The van der Waals surface area contributed by atoms with E-state index in [0.717, 1.165) is 30.9 Å². The van der Waals surface area contributed by atoms with E-state index in [0.29, 0.717) is 11.8 Å². The number of fused-ring (bicyclic) bond motifs is 1. The van der Waals surface area contributed by atoms with Crippen LogP contribution in [0.2, 0.25) is 0 Å². The van der Waals surface area contributed by atoms with Crippen molar-refractivity contribution in [3.8, 4) is 5.69 Å². The Kier molecular flexibility index (Phi) is 5.20. The van der Waals surface area contributed by atoms with Crippen LogP contribution in [0, 0.1) is 11.8 Å². The number of carbonyl (C=O) groups excluding carboxylic acids is 1. The molecule has 2 aliphatic heterocycles. The summed E-state index contributed by atoms with van der Waals surface area (Å²) in [6, 6.07) is 20.2. The summed E-state index contributed by atoms with van der Waals surface area (Å²) in [5, 5.41) is 7.78. The predicted molar refractivity (Wildman–Crippen MR) is 111 cm³/mol. The summed E-state index contributed by atoms with van der Waals surface area (Å²) in [6.07, 6.45) is 3.64. The third-order valence-corrected chi connectivity index (χ3v) is 5.83. The molecule has 28 heavy (non-hydrogen) atoms. The number of benzene rings is 2. The van der Waals surface area contributed by atoms with E-state index in [4.69, 9.17) is 0 Å². The van der Waals surface area contributed by atoms with Gasteiger partial charge in [0.2, 0.25) is 0 Å². The molecule has 3 atom stereocenters. The molecule has 1 amide bonds. The van der Waals surface area contributed by atoms with E-state index in [9.17, 15) is 4.79 Å². The van der Waals surface area contributed by atoms with Gasteiger partial charge in [0.1, 0.15) is 0 Å². The monoisotopic (exact) mass is 394 g/mol. The topological polar surface area (TPSA) is 50.2 Å². The minimum absolute atomic E-state index is 0. The van der Waals surface area contributed by atoms with E-state index in [1.807, 2.05) is 42.6 Å². The van der Waals surface area contributed by atoms with E-state index in [-0.39, 0.29) is 24.4 Å². The molecule has 3 aromatic rings. The van der Waals surface area contributed by atoms with Gasteiger partial charge in [-0.15, -0.1) is 12.4 Å². The number of hydrogen-bond donors (Lipinski definition) is 1. The van der Waals surface area contributed by atoms with E-state index in [1.54, 1.807) is 10.9 Å². The zero-order chi connectivity index (χ0) is 18.2. The first kappa shape index (κ1) is 18.7. The molecule has 0 aliphatic carbocycles. The summed E-state index contributed by atoms with van der Waals surface area (Å²) in [5.74, 6) is 1.10. The van der Waals surface area contributed by atoms with Gasteiger partial charge in [-0.05, 0) is 35.7 Å². The number of hydrogen-bond acceptors (Lipinski definition) is 3. The van der Waals surface area contributed by atoms with Gasteiger partial charge in [0.15, 0.2) is 0 Å². The Bertz CT molecular complexity index is 944. The molecule has 1 aromatic heterocycles. The van der Waals surface area contributed by atoms with Crippen LogP contribution >= 0.6 is 12.4 Å². The van der Waals surface area contributed by atoms with Gasteiger partial charge in [-0.2, -0.15) is 5.10 Å². The highest BCUT2D eigenvalue weighted by Crippen LogP contribution is 2.43. The van der Waals surface area contributed by atoms with Crippen molar-refractivity contribution in [3.63, 3.8) is 0 Å². The minimum atomic E-state index is 0. The second kappa shape index (κ2) is 7.78. The fourth-order valence-corrected chi connectivity index (χ4v) is 4.58. The Morgan fingerprint density at radius 3 is 2.68 bits per heavy atom. The van der Waals surface area contributed by atoms with Crippen LogP contribution in [0.1, 0.15) is 22.0 Å². The standard InChI is InChI=1S/C22H22N4O.ClH/c27-22(17-8-4-9-19(12-17)26-11-5-10-24-26)25-15-18-13-23-14-20(18)21(25)16-6-2-1-3-7-16;/h1-12,18,20-21,23H,13-15H2;1H/t18-,20-,21+;/m0./s1. The summed E-state index contributed by atoms with van der Waals surface area (Å²) in [5.41, 5.74) is 2.85. The van der Waals surface area contributed by atoms with Crippen molar-refractivity contribution < 1.29 is 4.79 Å². The highest BCUT2D eigenvalue weighted by atomic mass is 35.5. The molecule has 5 rings (SSSR count). The van der Waals surface area contributed by atoms with E-state index >= 15 is 0 Å². The van der Waals surface area contributed by atoms with Crippen molar-refractivity contribution >= 4 is 18.3 Å². The average Bonchev–Trinajstić information content (AvgIpc) is 3.45. The van der Waals surface area contributed by atoms with Crippen LogP contribution in [0.5, 0.6) is 0 Å². The van der Waals surface area contributed by atoms with Crippen molar-refractivity contribution in [3.05, 3.63) is 84.2 Å². The van der Waals surface area contributed by atoms with Crippen LogP contribution in [0.25, 0.3) is 5.69 Å². The van der Waals surface area contributed by atoms with E-state index < -0.39 is 0 Å². The highest BCUT2D eigenvalue weighted by Gasteiger charge is 2.46. The van der Waals surface area contributed by atoms with Crippen LogP contribution in [0.15, 0.2) is 73.1 Å². The molecule has 2 fully saturated rings. The third-order valence-electron chi connectivity index (χ3n) is 5.83. The molecule has 1 N–H and O–H groups in total. The number of likely N-dealkylation sites (tertiary alicyclic amines) is 1. The van der Waals surface area contributed by atoms with Crippen LogP contribution in [0.3, 0.4) is 0 Å². The molecule has 3 heterocycles. The van der Waals surface area contributed by atoms with Gasteiger partial charge in [0.25, 0.3) is 5.91 Å². The Morgan fingerprint density at radius 1 is 1.04 bits per heavy atom. The Labute approximate surface area is 170 Å². The quantitative estimate of drug-likeness (QED) is 0.741. The maximum Gasteiger partial charge on any atom is 0.254 e. The first-order valence-corrected chi connectivity index (χ1v) is 9.48. The van der Waals surface area contributed by atoms with Crippen molar-refractivity contribution in [1.29, 1.82) is 0 Å². The van der Waals surface area contributed by atoms with Crippen molar-refractivity contribution in [2.75, 3.05) is 19.6 Å². The average molecular weight is 395 g/mol. The Hall–Kier alpha value is -2.63. The highest BCUT2D eigenvalue weighted by molar-refractivity contribution is 5.95. The van der Waals surface area contributed by atoms with Crippen molar-refractivity contribution in [1.82, 2.24) is 20.0 Å². The molecule has 0 radical (unpaired) electrons. The molecular weight excluding hydrogens is 372 g/mol. The summed E-state index contributed by atoms with van der Waals surface area (Å²) >= 11 is 0. The summed E-state index contributed by atoms with van der Waals surface area (Å²) < 4.78 is 1.79. The second-order valence-corrected chi connectivity index (χ2v) is 7.40. The van der Waals surface area contributed by atoms with Gasteiger partial charge in [-0.1, -0.05) is 36.4 Å². The van der Waals surface area contributed by atoms with Gasteiger partial charge in [-0.3, -0.25) is 4.79 Å². The number of nitrogens with zero attached hydrogens (tertiary/aromatic N) is 3. The minimum Gasteiger partial charge on any atom is -0.331 e. The summed E-state index contributed by atoms with van der Waals surface area (Å²) in [6.45, 7) is 2.77. The zero-order valence-corrected chi connectivity index (χ0v) is 16.3.